The topological polar surface area (TPSA) is 151 Å². The van der Waals surface area contributed by atoms with E-state index in [1.165, 1.54) is 4.90 Å². The molecule has 0 radical (unpaired) electrons. The van der Waals surface area contributed by atoms with Gasteiger partial charge >= 0.3 is 12.1 Å². The number of ether oxygens (including phenoxy) is 1. The zero-order valence-corrected chi connectivity index (χ0v) is 16.1. The maximum atomic E-state index is 13.0. The third-order valence-corrected chi connectivity index (χ3v) is 5.61. The van der Waals surface area contributed by atoms with Crippen LogP contribution in [0.15, 0.2) is 17.1 Å². The second-order valence-corrected chi connectivity index (χ2v) is 7.82. The molecule has 10 nitrogen and oxygen atoms in total. The van der Waals surface area contributed by atoms with Crippen molar-refractivity contribution < 1.29 is 29.0 Å². The van der Waals surface area contributed by atoms with Crippen molar-refractivity contribution >= 4 is 30.1 Å². The fourth-order valence-electron chi connectivity index (χ4n) is 3.91. The molecule has 0 bridgehead atoms. The maximum absolute atomic E-state index is 13.0. The molecule has 10 heteroatoms. The summed E-state index contributed by atoms with van der Waals surface area (Å²) < 4.78 is 5.02. The summed E-state index contributed by atoms with van der Waals surface area (Å²) in [5.41, 5.74) is 4.33. The Morgan fingerprint density at radius 3 is 2.79 bits per heavy atom. The molecular weight excluding hydrogens is 380 g/mol. The molecule has 2 fully saturated rings. The van der Waals surface area contributed by atoms with E-state index < -0.39 is 47.6 Å². The minimum absolute atomic E-state index is 0.136. The average Bonchev–Trinajstić information content (AvgIpc) is 3.20. The quantitative estimate of drug-likeness (QED) is 0.563. The molecule has 3 rings (SSSR count). The van der Waals surface area contributed by atoms with Gasteiger partial charge in [-0.2, -0.15) is 0 Å². The number of carbonyl (C=O) groups excluding carboxylic acids is 3. The van der Waals surface area contributed by atoms with Crippen LogP contribution >= 0.6 is 0 Å². The summed E-state index contributed by atoms with van der Waals surface area (Å²) in [6, 6.07) is -1.44. The number of fused-ring (bicyclic) bond motifs is 2. The number of nitrogens with zero attached hydrogens (tertiary/aromatic N) is 2. The van der Waals surface area contributed by atoms with Gasteiger partial charge in [0.15, 0.2) is 11.6 Å². The number of aliphatic imine (C=N–C) groups is 1. The van der Waals surface area contributed by atoms with E-state index in [4.69, 9.17) is 10.5 Å². The van der Waals surface area contributed by atoms with E-state index in [9.17, 15) is 24.3 Å². The van der Waals surface area contributed by atoms with Crippen LogP contribution in [-0.4, -0.2) is 70.4 Å². The van der Waals surface area contributed by atoms with Crippen LogP contribution in [0.1, 0.15) is 44.9 Å². The van der Waals surface area contributed by atoms with Crippen molar-refractivity contribution in [2.24, 2.45) is 10.7 Å². The van der Waals surface area contributed by atoms with Crippen molar-refractivity contribution in [2.75, 3.05) is 6.54 Å². The molecule has 0 aromatic rings. The minimum atomic E-state index is -1.45. The van der Waals surface area contributed by atoms with Crippen molar-refractivity contribution in [3.05, 3.63) is 12.2 Å². The average molecular weight is 406 g/mol. The molecule has 0 aromatic heterocycles. The van der Waals surface area contributed by atoms with E-state index in [1.807, 2.05) is 0 Å². The van der Waals surface area contributed by atoms with Gasteiger partial charge in [-0.1, -0.05) is 18.6 Å². The third kappa shape index (κ3) is 4.41. The molecule has 1 saturated heterocycles. The number of amides is 3. The van der Waals surface area contributed by atoms with Crippen molar-refractivity contribution in [3.8, 4) is 0 Å². The molecule has 3 amide bonds. The lowest BCUT2D eigenvalue weighted by molar-refractivity contribution is -0.147. The Morgan fingerprint density at radius 1 is 1.34 bits per heavy atom. The second-order valence-electron chi connectivity index (χ2n) is 7.82. The van der Waals surface area contributed by atoms with Gasteiger partial charge in [0, 0.05) is 13.0 Å². The zero-order valence-electron chi connectivity index (χ0n) is 16.1. The van der Waals surface area contributed by atoms with E-state index in [2.05, 4.69) is 16.9 Å². The van der Waals surface area contributed by atoms with E-state index >= 15 is 0 Å². The first kappa shape index (κ1) is 20.8. The normalized spacial score (nSPS) is 33.0. The van der Waals surface area contributed by atoms with Crippen LogP contribution in [0.5, 0.6) is 0 Å². The Balaban J connectivity index is 1.87. The van der Waals surface area contributed by atoms with Crippen molar-refractivity contribution in [2.45, 2.75) is 68.7 Å². The highest BCUT2D eigenvalue weighted by Crippen LogP contribution is 2.40. The van der Waals surface area contributed by atoms with Crippen LogP contribution < -0.4 is 11.1 Å². The van der Waals surface area contributed by atoms with Gasteiger partial charge in [-0.05, 0) is 38.3 Å². The van der Waals surface area contributed by atoms with Crippen molar-refractivity contribution in [1.29, 1.82) is 0 Å². The van der Waals surface area contributed by atoms with E-state index in [0.717, 1.165) is 12.8 Å². The molecule has 1 aliphatic carbocycles. The van der Waals surface area contributed by atoms with Crippen LogP contribution in [0, 0.1) is 0 Å². The van der Waals surface area contributed by atoms with E-state index in [1.54, 1.807) is 6.21 Å². The lowest BCUT2D eigenvalue weighted by Crippen LogP contribution is -2.55. The van der Waals surface area contributed by atoms with Gasteiger partial charge < -0.3 is 25.8 Å². The molecule has 4 unspecified atom stereocenters. The molecule has 0 aromatic carbocycles. The first-order valence-electron chi connectivity index (χ1n) is 9.75. The summed E-state index contributed by atoms with van der Waals surface area (Å²) in [6.07, 6.45) is 3.11. The molecule has 29 heavy (non-hydrogen) atoms. The maximum Gasteiger partial charge on any atom is 0.405 e. The number of hydrogen-bond donors (Lipinski definition) is 3. The van der Waals surface area contributed by atoms with Crippen LogP contribution in [0.25, 0.3) is 0 Å². The number of hydrogen-bond acceptors (Lipinski definition) is 6. The Hall–Kier alpha value is -2.91. The number of rotatable bonds is 2. The second kappa shape index (κ2) is 8.22. The monoisotopic (exact) mass is 406 g/mol. The summed E-state index contributed by atoms with van der Waals surface area (Å²) >= 11 is 0. The molecule has 3 aliphatic rings. The summed E-state index contributed by atoms with van der Waals surface area (Å²) in [6.45, 7) is 3.99. The highest BCUT2D eigenvalue weighted by molar-refractivity contribution is 5.96. The van der Waals surface area contributed by atoms with Gasteiger partial charge in [0.2, 0.25) is 5.91 Å². The van der Waals surface area contributed by atoms with Crippen molar-refractivity contribution in [3.63, 3.8) is 0 Å². The summed E-state index contributed by atoms with van der Waals surface area (Å²) in [7, 11) is 0. The third-order valence-electron chi connectivity index (χ3n) is 5.61. The molecular formula is C19H26N4O6. The highest BCUT2D eigenvalue weighted by Gasteiger charge is 2.63. The lowest BCUT2D eigenvalue weighted by atomic mass is 10.1. The number of carbonyl (C=O) groups is 4. The van der Waals surface area contributed by atoms with E-state index in [-0.39, 0.29) is 25.8 Å². The van der Waals surface area contributed by atoms with Gasteiger partial charge in [0.1, 0.15) is 6.04 Å². The standard InChI is InChI=1S/C19H26N4O6/c1-11-8-12-15(24)22-19(17(26)27)9-14(19)21-7-5-3-2-4-6-13(29-18(20)28)16(25)23(12)10-11/h7,12-14H,1-6,8-10H2,(H2,20,28)(H,22,24)(H,26,27). The molecule has 2 heterocycles. The number of primary amides is 1. The van der Waals surface area contributed by atoms with Gasteiger partial charge in [-0.15, -0.1) is 0 Å². The fourth-order valence-corrected chi connectivity index (χ4v) is 3.91. The highest BCUT2D eigenvalue weighted by atomic mass is 16.6. The number of nitrogens with two attached hydrogens (primary N) is 1. The molecule has 0 spiro atoms. The smallest absolute Gasteiger partial charge is 0.405 e. The summed E-state index contributed by atoms with van der Waals surface area (Å²) in [4.78, 5) is 54.6. The largest absolute Gasteiger partial charge is 0.479 e. The molecule has 4 atom stereocenters. The molecule has 158 valence electrons. The Bertz CT molecular complexity index is 766. The van der Waals surface area contributed by atoms with Crippen LogP contribution in [-0.2, 0) is 19.1 Å². The summed E-state index contributed by atoms with van der Waals surface area (Å²) in [5.74, 6) is -2.25. The van der Waals surface area contributed by atoms with Crippen molar-refractivity contribution in [1.82, 2.24) is 10.2 Å². The lowest BCUT2D eigenvalue weighted by Gasteiger charge is -2.28. The van der Waals surface area contributed by atoms with E-state index in [0.29, 0.717) is 18.4 Å². The van der Waals surface area contributed by atoms with Gasteiger partial charge in [0.05, 0.1) is 6.04 Å². The first-order valence-corrected chi connectivity index (χ1v) is 9.75. The van der Waals surface area contributed by atoms with Crippen LogP contribution in [0.3, 0.4) is 0 Å². The van der Waals surface area contributed by atoms with Crippen LogP contribution in [0.4, 0.5) is 4.79 Å². The molecule has 4 N–H and O–H groups in total. The Morgan fingerprint density at radius 2 is 2.10 bits per heavy atom. The Kier molecular flexibility index (Phi) is 5.90. The van der Waals surface area contributed by atoms with Gasteiger partial charge in [-0.25, -0.2) is 9.59 Å². The molecule has 2 aliphatic heterocycles. The number of carboxylic acid groups (broad SMARTS) is 1. The number of carboxylic acids is 1. The minimum Gasteiger partial charge on any atom is -0.479 e. The molecule has 1 saturated carbocycles. The van der Waals surface area contributed by atoms with Gasteiger partial charge in [0.25, 0.3) is 5.91 Å². The zero-order chi connectivity index (χ0) is 21.2. The van der Waals surface area contributed by atoms with Crippen LogP contribution in [0.2, 0.25) is 0 Å². The number of nitrogens with one attached hydrogen (secondary N) is 1. The Labute approximate surface area is 168 Å². The fraction of sp³-hybridized carbons (Fsp3) is 0.632. The summed E-state index contributed by atoms with van der Waals surface area (Å²) in [5, 5.41) is 12.2. The predicted molar refractivity (Wildman–Crippen MR) is 102 cm³/mol. The van der Waals surface area contributed by atoms with Gasteiger partial charge in [-0.3, -0.25) is 14.6 Å². The predicted octanol–water partition coefficient (Wildman–Crippen LogP) is 0.354. The first-order chi connectivity index (χ1) is 13.7. The number of aliphatic carboxylic acids is 1. The SMILES string of the molecule is C=C1CC2C(=O)NC3(C(=O)O)CC3N=CCCCCCC(OC(N)=O)C(=O)N2C1.